The van der Waals surface area contributed by atoms with Crippen LogP contribution >= 0.6 is 0 Å². The van der Waals surface area contributed by atoms with Crippen molar-refractivity contribution in [2.24, 2.45) is 0 Å². The third-order valence-electron chi connectivity index (χ3n) is 6.56. The lowest BCUT2D eigenvalue weighted by Gasteiger charge is -2.38. The van der Waals surface area contributed by atoms with Gasteiger partial charge in [0.05, 0.1) is 6.61 Å². The highest BCUT2D eigenvalue weighted by Gasteiger charge is 2.39. The zero-order chi connectivity index (χ0) is 22.3. The third kappa shape index (κ3) is 3.74. The van der Waals surface area contributed by atoms with Gasteiger partial charge in [0.2, 0.25) is 6.33 Å². The fraction of sp³-hybridized carbons (Fsp3) is 0.435. The normalized spacial score (nSPS) is 23.7. The zero-order valence-corrected chi connectivity index (χ0v) is 17.3. The number of hydrogen-bond acceptors (Lipinski definition) is 4. The van der Waals surface area contributed by atoms with Crippen LogP contribution in [-0.4, -0.2) is 50.2 Å². The van der Waals surface area contributed by atoms with Gasteiger partial charge in [0, 0.05) is 12.1 Å². The Labute approximate surface area is 182 Å². The monoisotopic (exact) mass is 442 g/mol. The minimum Gasteiger partial charge on any atom is -0.395 e. The van der Waals surface area contributed by atoms with Crippen molar-refractivity contribution >= 4 is 16.9 Å². The number of aliphatic hydroxyl groups is 1. The van der Waals surface area contributed by atoms with Crippen LogP contribution in [0, 0.1) is 6.07 Å². The zero-order valence-electron chi connectivity index (χ0n) is 17.3. The first-order valence-electron chi connectivity index (χ1n) is 10.8. The molecule has 3 aromatic rings. The van der Waals surface area contributed by atoms with E-state index in [4.69, 9.17) is 0 Å². The number of H-pyrrole nitrogens is 1. The smallest absolute Gasteiger partial charge is 0.395 e. The molecule has 0 bridgehead atoms. The summed E-state index contributed by atoms with van der Waals surface area (Å²) in [4.78, 5) is 17.1. The van der Waals surface area contributed by atoms with Crippen molar-refractivity contribution in [3.63, 3.8) is 0 Å². The van der Waals surface area contributed by atoms with Gasteiger partial charge in [-0.15, -0.1) is 0 Å². The first-order chi connectivity index (χ1) is 15.5. The molecule has 9 heteroatoms. The van der Waals surface area contributed by atoms with Crippen LogP contribution in [0.25, 0.3) is 15.9 Å². The van der Waals surface area contributed by atoms with E-state index in [1.165, 1.54) is 11.9 Å². The molecule has 6 nitrogen and oxygen atoms in total. The fourth-order valence-electron chi connectivity index (χ4n) is 5.05. The molecule has 1 unspecified atom stereocenters. The van der Waals surface area contributed by atoms with Crippen LogP contribution in [0.5, 0.6) is 0 Å². The minimum atomic E-state index is -4.51. The number of rotatable bonds is 2. The Morgan fingerprint density at radius 2 is 2.06 bits per heavy atom. The number of aromatic nitrogens is 3. The molecule has 1 aliphatic carbocycles. The Morgan fingerprint density at radius 3 is 2.88 bits per heavy atom. The Kier molecular flexibility index (Phi) is 5.35. The summed E-state index contributed by atoms with van der Waals surface area (Å²) in [6.07, 6.45) is 0.514. The molecule has 0 spiro atoms. The topological polar surface area (TPSA) is 69.4 Å². The van der Waals surface area contributed by atoms with Gasteiger partial charge in [-0.25, -0.2) is 0 Å². The van der Waals surface area contributed by atoms with Crippen molar-refractivity contribution in [2.75, 3.05) is 13.2 Å². The highest BCUT2D eigenvalue weighted by Crippen LogP contribution is 2.38. The van der Waals surface area contributed by atoms with Crippen molar-refractivity contribution in [1.29, 1.82) is 0 Å². The van der Waals surface area contributed by atoms with Gasteiger partial charge in [0.25, 0.3) is 0 Å². The number of aryl methyl sites for hydroxylation is 1. The number of hydrogen-bond donors (Lipinski definition) is 2. The SMILES string of the molecule is OC[C@@H]1CCCN1[C@H]1CCc2ccccc2C1C#[N+]c1ncnc2[nH]c(C(F)(F)F)cc12. The van der Waals surface area contributed by atoms with Gasteiger partial charge in [-0.2, -0.15) is 23.0 Å². The minimum absolute atomic E-state index is 0.0911. The second-order valence-corrected chi connectivity index (χ2v) is 8.38. The van der Waals surface area contributed by atoms with Crippen molar-refractivity contribution < 1.29 is 18.3 Å². The molecule has 32 heavy (non-hydrogen) atoms. The molecule has 1 saturated heterocycles. The van der Waals surface area contributed by atoms with Crippen molar-refractivity contribution in [3.8, 4) is 6.07 Å². The van der Waals surface area contributed by atoms with Crippen LogP contribution in [0.1, 0.15) is 42.0 Å². The molecule has 1 aliphatic heterocycles. The van der Waals surface area contributed by atoms with Crippen LogP contribution in [0.3, 0.4) is 0 Å². The van der Waals surface area contributed by atoms with Gasteiger partial charge < -0.3 is 10.1 Å². The number of nitrogens with zero attached hydrogens (tertiary/aromatic N) is 4. The Balaban J connectivity index is 1.56. The van der Waals surface area contributed by atoms with Gasteiger partial charge in [-0.1, -0.05) is 24.3 Å². The van der Waals surface area contributed by atoms with E-state index in [0.717, 1.165) is 43.9 Å². The molecule has 0 radical (unpaired) electrons. The second kappa shape index (κ2) is 8.19. The van der Waals surface area contributed by atoms with Crippen LogP contribution in [0.4, 0.5) is 19.0 Å². The second-order valence-electron chi connectivity index (χ2n) is 8.38. The molecule has 5 rings (SSSR count). The average Bonchev–Trinajstić information content (AvgIpc) is 3.44. The molecule has 1 fully saturated rings. The number of likely N-dealkylation sites (tertiary alicyclic amines) is 1. The number of aromatic amines is 1. The molecule has 3 atom stereocenters. The van der Waals surface area contributed by atoms with E-state index in [1.54, 1.807) is 0 Å². The largest absolute Gasteiger partial charge is 0.438 e. The molecule has 0 amide bonds. The quantitative estimate of drug-likeness (QED) is 0.613. The van der Waals surface area contributed by atoms with E-state index in [9.17, 15) is 18.3 Å². The molecule has 2 aliphatic rings. The highest BCUT2D eigenvalue weighted by atomic mass is 19.4. The summed E-state index contributed by atoms with van der Waals surface area (Å²) in [6, 6.07) is 12.6. The highest BCUT2D eigenvalue weighted by molar-refractivity contribution is 5.88. The first kappa shape index (κ1) is 20.9. The van der Waals surface area contributed by atoms with Crippen molar-refractivity contribution in [1.82, 2.24) is 19.9 Å². The Bertz CT molecular complexity index is 1200. The summed E-state index contributed by atoms with van der Waals surface area (Å²) in [7, 11) is 0. The van der Waals surface area contributed by atoms with Crippen LogP contribution < -0.4 is 0 Å². The average molecular weight is 442 g/mol. The van der Waals surface area contributed by atoms with Gasteiger partial charge >= 0.3 is 12.0 Å². The van der Waals surface area contributed by atoms with Crippen molar-refractivity contribution in [2.45, 2.75) is 49.9 Å². The van der Waals surface area contributed by atoms with Gasteiger partial charge in [0.15, 0.2) is 11.7 Å². The lowest BCUT2D eigenvalue weighted by molar-refractivity contribution is -0.140. The fourth-order valence-corrected chi connectivity index (χ4v) is 5.05. The maximum atomic E-state index is 13.1. The molecule has 3 heterocycles. The summed E-state index contributed by atoms with van der Waals surface area (Å²) >= 11 is 0. The molecular weight excluding hydrogens is 419 g/mol. The van der Waals surface area contributed by atoms with E-state index in [-0.39, 0.29) is 41.5 Å². The molecule has 2 aromatic heterocycles. The predicted octanol–water partition coefficient (Wildman–Crippen LogP) is 4.50. The van der Waals surface area contributed by atoms with Crippen LogP contribution in [-0.2, 0) is 12.6 Å². The Morgan fingerprint density at radius 1 is 1.22 bits per heavy atom. The third-order valence-corrected chi connectivity index (χ3v) is 6.56. The number of nitrogens with one attached hydrogen (secondary N) is 1. The number of halogens is 3. The van der Waals surface area contributed by atoms with Crippen LogP contribution in [0.2, 0.25) is 0 Å². The number of fused-ring (bicyclic) bond motifs is 2. The van der Waals surface area contributed by atoms with Crippen LogP contribution in [0.15, 0.2) is 36.7 Å². The molecule has 166 valence electrons. The summed E-state index contributed by atoms with van der Waals surface area (Å²) < 4.78 is 39.4. The lowest BCUT2D eigenvalue weighted by Crippen LogP contribution is -2.45. The standard InChI is InChI=1S/C23H23F3N5O/c24-23(25,26)20-10-17-21(28-13-29-22(17)30-20)27-11-18-16-6-2-1-4-14(16)7-8-19(18)31-9-3-5-15(31)12-32/h1-2,4,6,10,13,15,18-19,32H,3,5,7-9,12H2,(H,28,29,30)/q+1/t15-,18?,19-/m0/s1. The number of aliphatic hydroxyl groups excluding tert-OH is 1. The number of benzene rings is 1. The molecule has 1 aromatic carbocycles. The first-order valence-corrected chi connectivity index (χ1v) is 10.8. The molecule has 0 saturated carbocycles. The van der Waals surface area contributed by atoms with E-state index in [0.29, 0.717) is 0 Å². The summed E-state index contributed by atoms with van der Waals surface area (Å²) in [5.74, 6) is -0.0122. The van der Waals surface area contributed by atoms with Crippen molar-refractivity contribution in [3.05, 3.63) is 58.3 Å². The summed E-state index contributed by atoms with van der Waals surface area (Å²) in [5.41, 5.74) is 1.55. The van der Waals surface area contributed by atoms with E-state index >= 15 is 0 Å². The maximum absolute atomic E-state index is 13.1. The number of alkyl halides is 3. The maximum Gasteiger partial charge on any atom is 0.438 e. The van der Waals surface area contributed by atoms with E-state index in [1.807, 2.05) is 12.1 Å². The van der Waals surface area contributed by atoms with Gasteiger partial charge in [0.1, 0.15) is 17.0 Å². The predicted molar refractivity (Wildman–Crippen MR) is 114 cm³/mol. The van der Waals surface area contributed by atoms with Gasteiger partial charge in [-0.3, -0.25) is 4.90 Å². The summed E-state index contributed by atoms with van der Waals surface area (Å²) in [6.45, 7) is 1.01. The summed E-state index contributed by atoms with van der Waals surface area (Å²) in [5, 5.41) is 10.1. The molecular formula is C23H23F3N5O+. The van der Waals surface area contributed by atoms with E-state index in [2.05, 4.69) is 42.9 Å². The lowest BCUT2D eigenvalue weighted by atomic mass is 9.79. The van der Waals surface area contributed by atoms with Gasteiger partial charge in [-0.05, 0) is 54.4 Å². The molecule has 2 N–H and O–H groups in total. The Hall–Kier alpha value is -2.96. The van der Waals surface area contributed by atoms with E-state index < -0.39 is 11.9 Å².